The molecule has 0 spiro atoms. The van der Waals surface area contributed by atoms with Crippen LogP contribution in [-0.2, 0) is 6.61 Å². The topological polar surface area (TPSA) is 74.7 Å². The van der Waals surface area contributed by atoms with Gasteiger partial charge in [0.1, 0.15) is 18.1 Å². The van der Waals surface area contributed by atoms with Crippen LogP contribution in [0.1, 0.15) is 21.8 Å². The van der Waals surface area contributed by atoms with Crippen molar-refractivity contribution in [3.05, 3.63) is 53.6 Å². The molecule has 0 radical (unpaired) electrons. The first-order chi connectivity index (χ1) is 11.2. The van der Waals surface area contributed by atoms with Gasteiger partial charge in [-0.05, 0) is 31.2 Å². The van der Waals surface area contributed by atoms with Crippen molar-refractivity contribution >= 4 is 6.29 Å². The molecular formula is C17H15NO5. The van der Waals surface area contributed by atoms with Gasteiger partial charge in [0.05, 0.1) is 18.9 Å². The van der Waals surface area contributed by atoms with Crippen LogP contribution in [0.15, 0.2) is 45.4 Å². The lowest BCUT2D eigenvalue weighted by Gasteiger charge is -2.11. The molecule has 3 aromatic rings. The molecule has 0 bridgehead atoms. The van der Waals surface area contributed by atoms with Crippen LogP contribution in [0.4, 0.5) is 0 Å². The zero-order chi connectivity index (χ0) is 16.2. The maximum absolute atomic E-state index is 11.2. The van der Waals surface area contributed by atoms with E-state index in [9.17, 15) is 4.79 Å². The third-order valence-electron chi connectivity index (χ3n) is 3.33. The van der Waals surface area contributed by atoms with Crippen LogP contribution in [0, 0.1) is 6.92 Å². The molecule has 0 saturated heterocycles. The van der Waals surface area contributed by atoms with Gasteiger partial charge in [-0.3, -0.25) is 4.79 Å². The summed E-state index contributed by atoms with van der Waals surface area (Å²) in [6.45, 7) is 1.94. The number of ether oxygens (including phenoxy) is 2. The van der Waals surface area contributed by atoms with Gasteiger partial charge in [0.15, 0.2) is 23.5 Å². The van der Waals surface area contributed by atoms with Crippen molar-refractivity contribution in [1.29, 1.82) is 0 Å². The van der Waals surface area contributed by atoms with Gasteiger partial charge in [0.2, 0.25) is 0 Å². The van der Waals surface area contributed by atoms with Crippen LogP contribution in [0.5, 0.6) is 11.5 Å². The van der Waals surface area contributed by atoms with E-state index < -0.39 is 0 Å². The highest BCUT2D eigenvalue weighted by molar-refractivity contribution is 5.81. The summed E-state index contributed by atoms with van der Waals surface area (Å²) in [6.07, 6.45) is 2.28. The van der Waals surface area contributed by atoms with Crippen LogP contribution in [0.2, 0.25) is 0 Å². The number of hydrogen-bond donors (Lipinski definition) is 0. The zero-order valence-corrected chi connectivity index (χ0v) is 12.7. The number of aromatic nitrogens is 1. The maximum Gasteiger partial charge on any atom is 0.263 e. The molecule has 0 aliphatic carbocycles. The number of carbonyl (C=O) groups excluding carboxylic acids is 1. The van der Waals surface area contributed by atoms with Crippen LogP contribution in [0.3, 0.4) is 0 Å². The van der Waals surface area contributed by atoms with E-state index in [0.717, 1.165) is 6.29 Å². The maximum atomic E-state index is 11.2. The SMILES string of the molecule is COc1cccc(C=O)c1OCc1nc(-c2ccco2)oc1C. The van der Waals surface area contributed by atoms with Crippen molar-refractivity contribution in [1.82, 2.24) is 4.98 Å². The Kier molecular flexibility index (Phi) is 4.14. The van der Waals surface area contributed by atoms with E-state index in [1.54, 1.807) is 43.5 Å². The molecule has 2 heterocycles. The van der Waals surface area contributed by atoms with Crippen molar-refractivity contribution in [2.45, 2.75) is 13.5 Å². The standard InChI is InChI=1S/C17H15NO5/c1-11-13(18-17(23-11)15-7-4-8-21-15)10-22-16-12(9-19)5-3-6-14(16)20-2/h3-9H,10H2,1-2H3. The minimum atomic E-state index is 0.150. The molecule has 1 aromatic carbocycles. The van der Waals surface area contributed by atoms with Gasteiger partial charge < -0.3 is 18.3 Å². The van der Waals surface area contributed by atoms with E-state index in [0.29, 0.717) is 40.2 Å². The smallest absolute Gasteiger partial charge is 0.263 e. The number of oxazole rings is 1. The summed E-state index contributed by atoms with van der Waals surface area (Å²) in [5.41, 5.74) is 1.04. The molecule has 0 N–H and O–H groups in total. The average Bonchev–Trinajstić information content (AvgIpc) is 3.22. The second kappa shape index (κ2) is 6.39. The molecule has 0 aliphatic heterocycles. The molecule has 0 fully saturated rings. The Bertz CT molecular complexity index is 805. The number of methoxy groups -OCH3 is 1. The zero-order valence-electron chi connectivity index (χ0n) is 12.7. The Morgan fingerprint density at radius 1 is 1.26 bits per heavy atom. The van der Waals surface area contributed by atoms with Crippen molar-refractivity contribution < 1.29 is 23.1 Å². The molecule has 0 amide bonds. The lowest BCUT2D eigenvalue weighted by atomic mass is 10.2. The molecule has 6 nitrogen and oxygen atoms in total. The molecule has 118 valence electrons. The quantitative estimate of drug-likeness (QED) is 0.647. The molecule has 2 aromatic heterocycles. The summed E-state index contributed by atoms with van der Waals surface area (Å²) in [5.74, 6) is 2.43. The Labute approximate surface area is 132 Å². The molecule has 0 saturated carbocycles. The number of aryl methyl sites for hydroxylation is 1. The largest absolute Gasteiger partial charge is 0.493 e. The Morgan fingerprint density at radius 2 is 2.13 bits per heavy atom. The summed E-state index contributed by atoms with van der Waals surface area (Å²) in [6, 6.07) is 8.64. The van der Waals surface area contributed by atoms with Crippen molar-refractivity contribution in [2.75, 3.05) is 7.11 Å². The Morgan fingerprint density at radius 3 is 2.83 bits per heavy atom. The minimum Gasteiger partial charge on any atom is -0.493 e. The predicted molar refractivity (Wildman–Crippen MR) is 81.7 cm³/mol. The number of furan rings is 1. The molecule has 23 heavy (non-hydrogen) atoms. The van der Waals surface area contributed by atoms with Crippen LogP contribution in [-0.4, -0.2) is 18.4 Å². The highest BCUT2D eigenvalue weighted by Gasteiger charge is 2.16. The van der Waals surface area contributed by atoms with Crippen LogP contribution < -0.4 is 9.47 Å². The molecular weight excluding hydrogens is 298 g/mol. The van der Waals surface area contributed by atoms with Gasteiger partial charge in [0.25, 0.3) is 5.89 Å². The lowest BCUT2D eigenvalue weighted by Crippen LogP contribution is -2.02. The lowest BCUT2D eigenvalue weighted by molar-refractivity contribution is 0.111. The molecule has 3 rings (SSSR count). The number of hydrogen-bond acceptors (Lipinski definition) is 6. The molecule has 0 atom stereocenters. The first-order valence-corrected chi connectivity index (χ1v) is 6.98. The Balaban J connectivity index is 1.83. The van der Waals surface area contributed by atoms with Gasteiger partial charge in [-0.2, -0.15) is 0 Å². The fourth-order valence-electron chi connectivity index (χ4n) is 2.15. The van der Waals surface area contributed by atoms with Crippen molar-refractivity contribution in [2.24, 2.45) is 0 Å². The number of nitrogens with zero attached hydrogens (tertiary/aromatic N) is 1. The Hall–Kier alpha value is -3.02. The van der Waals surface area contributed by atoms with Crippen molar-refractivity contribution in [3.63, 3.8) is 0 Å². The minimum absolute atomic E-state index is 0.150. The monoisotopic (exact) mass is 313 g/mol. The first kappa shape index (κ1) is 14.9. The summed E-state index contributed by atoms with van der Waals surface area (Å²) in [5, 5.41) is 0. The second-order valence-electron chi connectivity index (χ2n) is 4.78. The highest BCUT2D eigenvalue weighted by Crippen LogP contribution is 2.31. The molecule has 0 aliphatic rings. The fraction of sp³-hybridized carbons (Fsp3) is 0.176. The normalized spacial score (nSPS) is 10.5. The average molecular weight is 313 g/mol. The van der Waals surface area contributed by atoms with Crippen molar-refractivity contribution in [3.8, 4) is 23.1 Å². The summed E-state index contributed by atoms with van der Waals surface area (Å²) in [7, 11) is 1.52. The number of benzene rings is 1. The number of rotatable bonds is 6. The van der Waals surface area contributed by atoms with Gasteiger partial charge >= 0.3 is 0 Å². The number of para-hydroxylation sites is 1. The third-order valence-corrected chi connectivity index (χ3v) is 3.33. The highest BCUT2D eigenvalue weighted by atomic mass is 16.5. The fourth-order valence-corrected chi connectivity index (χ4v) is 2.15. The van der Waals surface area contributed by atoms with Gasteiger partial charge in [0, 0.05) is 0 Å². The van der Waals surface area contributed by atoms with Crippen LogP contribution in [0.25, 0.3) is 11.7 Å². The molecule has 6 heteroatoms. The summed E-state index contributed by atoms with van der Waals surface area (Å²) < 4.78 is 21.8. The molecule has 0 unspecified atom stereocenters. The van der Waals surface area contributed by atoms with E-state index >= 15 is 0 Å². The van der Waals surface area contributed by atoms with E-state index in [1.165, 1.54) is 7.11 Å². The van der Waals surface area contributed by atoms with Gasteiger partial charge in [-0.25, -0.2) is 4.98 Å². The predicted octanol–water partition coefficient (Wildman–Crippen LogP) is 3.64. The summed E-state index contributed by atoms with van der Waals surface area (Å²) >= 11 is 0. The van der Waals surface area contributed by atoms with Crippen LogP contribution >= 0.6 is 0 Å². The van der Waals surface area contributed by atoms with E-state index in [1.807, 2.05) is 0 Å². The third kappa shape index (κ3) is 2.96. The van der Waals surface area contributed by atoms with Gasteiger partial charge in [-0.1, -0.05) is 6.07 Å². The van der Waals surface area contributed by atoms with Gasteiger partial charge in [-0.15, -0.1) is 0 Å². The van der Waals surface area contributed by atoms with E-state index in [4.69, 9.17) is 18.3 Å². The second-order valence-corrected chi connectivity index (χ2v) is 4.78. The number of carbonyl (C=O) groups is 1. The van der Waals surface area contributed by atoms with E-state index in [-0.39, 0.29) is 6.61 Å². The summed E-state index contributed by atoms with van der Waals surface area (Å²) in [4.78, 5) is 15.5. The van der Waals surface area contributed by atoms with E-state index in [2.05, 4.69) is 4.98 Å². The first-order valence-electron chi connectivity index (χ1n) is 6.98. The number of aldehydes is 1.